The number of rotatable bonds is 1. The van der Waals surface area contributed by atoms with Crippen molar-refractivity contribution in [2.24, 2.45) is 11.7 Å². The Morgan fingerprint density at radius 2 is 2.27 bits per heavy atom. The smallest absolute Gasteiger partial charge is 0.308 e. The predicted molar refractivity (Wildman–Crippen MR) is 57.6 cm³/mol. The number of fused-ring (bicyclic) bond motifs is 1. The summed E-state index contributed by atoms with van der Waals surface area (Å²) >= 11 is 0. The number of hydrogen-bond donors (Lipinski definition) is 2. The maximum absolute atomic E-state index is 11.0. The van der Waals surface area contributed by atoms with Gasteiger partial charge in [-0.2, -0.15) is 0 Å². The van der Waals surface area contributed by atoms with Gasteiger partial charge in [0.05, 0.1) is 5.92 Å². The van der Waals surface area contributed by atoms with Crippen LogP contribution < -0.4 is 5.73 Å². The zero-order chi connectivity index (χ0) is 11.0. The first-order valence-electron chi connectivity index (χ1n) is 5.17. The summed E-state index contributed by atoms with van der Waals surface area (Å²) in [6.45, 7) is 2.00. The second kappa shape index (κ2) is 3.66. The van der Waals surface area contributed by atoms with Crippen molar-refractivity contribution in [3.63, 3.8) is 0 Å². The molecule has 0 heterocycles. The summed E-state index contributed by atoms with van der Waals surface area (Å²) in [5, 5.41) is 9.02. The molecule has 2 atom stereocenters. The number of benzene rings is 1. The molecule has 3 nitrogen and oxygen atoms in total. The van der Waals surface area contributed by atoms with Gasteiger partial charge in [-0.1, -0.05) is 23.8 Å². The molecule has 0 bridgehead atoms. The molecule has 1 aliphatic carbocycles. The number of carboxylic acid groups (broad SMARTS) is 1. The summed E-state index contributed by atoms with van der Waals surface area (Å²) in [7, 11) is 0. The van der Waals surface area contributed by atoms with E-state index in [2.05, 4.69) is 6.07 Å². The van der Waals surface area contributed by atoms with Gasteiger partial charge >= 0.3 is 5.97 Å². The lowest BCUT2D eigenvalue weighted by Crippen LogP contribution is -2.32. The van der Waals surface area contributed by atoms with E-state index in [9.17, 15) is 4.79 Å². The lowest BCUT2D eigenvalue weighted by molar-refractivity contribution is -0.143. The molecule has 0 aliphatic heterocycles. The average molecular weight is 205 g/mol. The van der Waals surface area contributed by atoms with Crippen LogP contribution >= 0.6 is 0 Å². The number of nitrogens with two attached hydrogens (primary N) is 1. The molecule has 3 heteroatoms. The van der Waals surface area contributed by atoms with Crippen molar-refractivity contribution in [3.8, 4) is 0 Å². The predicted octanol–water partition coefficient (Wildman–Crippen LogP) is 1.64. The molecule has 0 amide bonds. The molecule has 1 aromatic rings. The average Bonchev–Trinajstić information content (AvgIpc) is 2.19. The van der Waals surface area contributed by atoms with Gasteiger partial charge in [0.15, 0.2) is 0 Å². The van der Waals surface area contributed by atoms with E-state index >= 15 is 0 Å². The zero-order valence-electron chi connectivity index (χ0n) is 8.73. The highest BCUT2D eigenvalue weighted by Gasteiger charge is 2.31. The van der Waals surface area contributed by atoms with E-state index in [1.807, 2.05) is 19.1 Å². The van der Waals surface area contributed by atoms with Crippen LogP contribution in [0.4, 0.5) is 0 Å². The van der Waals surface area contributed by atoms with E-state index in [0.29, 0.717) is 6.42 Å². The Hall–Kier alpha value is -1.35. The van der Waals surface area contributed by atoms with E-state index in [1.54, 1.807) is 0 Å². The Morgan fingerprint density at radius 3 is 2.93 bits per heavy atom. The van der Waals surface area contributed by atoms with Crippen LogP contribution in [0.25, 0.3) is 0 Å². The summed E-state index contributed by atoms with van der Waals surface area (Å²) < 4.78 is 0. The van der Waals surface area contributed by atoms with Crippen LogP contribution in [0.5, 0.6) is 0 Å². The van der Waals surface area contributed by atoms with E-state index in [-0.39, 0.29) is 6.04 Å². The van der Waals surface area contributed by atoms with E-state index < -0.39 is 11.9 Å². The van der Waals surface area contributed by atoms with Crippen molar-refractivity contribution in [2.45, 2.75) is 25.8 Å². The fourth-order valence-corrected chi connectivity index (χ4v) is 2.24. The number of hydrogen-bond acceptors (Lipinski definition) is 2. The maximum atomic E-state index is 11.0. The van der Waals surface area contributed by atoms with Gasteiger partial charge in [-0.05, 0) is 30.9 Å². The van der Waals surface area contributed by atoms with Crippen molar-refractivity contribution >= 4 is 5.97 Å². The highest BCUT2D eigenvalue weighted by Crippen LogP contribution is 2.33. The standard InChI is InChI=1S/C12H15NO2/c1-7-2-3-8-4-5-9(12(14)15)11(13)10(8)6-7/h2-3,6,9,11H,4-5,13H2,1H3,(H,14,15). The van der Waals surface area contributed by atoms with Gasteiger partial charge in [0.25, 0.3) is 0 Å². The third-order valence-electron chi connectivity index (χ3n) is 3.14. The Balaban J connectivity index is 2.40. The highest BCUT2D eigenvalue weighted by atomic mass is 16.4. The summed E-state index contributed by atoms with van der Waals surface area (Å²) in [6.07, 6.45) is 1.47. The molecule has 1 aromatic carbocycles. The minimum atomic E-state index is -0.783. The molecule has 3 N–H and O–H groups in total. The molecule has 0 aromatic heterocycles. The Morgan fingerprint density at radius 1 is 1.53 bits per heavy atom. The van der Waals surface area contributed by atoms with Crippen LogP contribution in [0.1, 0.15) is 29.2 Å². The Bertz CT molecular complexity index is 401. The van der Waals surface area contributed by atoms with Crippen molar-refractivity contribution in [2.75, 3.05) is 0 Å². The largest absolute Gasteiger partial charge is 0.481 e. The van der Waals surface area contributed by atoms with Crippen molar-refractivity contribution < 1.29 is 9.90 Å². The third-order valence-corrected chi connectivity index (χ3v) is 3.14. The minimum Gasteiger partial charge on any atom is -0.481 e. The third kappa shape index (κ3) is 1.75. The van der Waals surface area contributed by atoms with Crippen molar-refractivity contribution in [1.29, 1.82) is 0 Å². The highest BCUT2D eigenvalue weighted by molar-refractivity contribution is 5.72. The van der Waals surface area contributed by atoms with Crippen LogP contribution in [0, 0.1) is 12.8 Å². The van der Waals surface area contributed by atoms with Crippen LogP contribution in [-0.2, 0) is 11.2 Å². The molecule has 2 rings (SSSR count). The van der Waals surface area contributed by atoms with Gasteiger partial charge in [0, 0.05) is 6.04 Å². The second-order valence-electron chi connectivity index (χ2n) is 4.21. The van der Waals surface area contributed by atoms with E-state index in [4.69, 9.17) is 10.8 Å². The summed E-state index contributed by atoms with van der Waals surface area (Å²) in [5.41, 5.74) is 9.32. The number of aryl methyl sites for hydroxylation is 2. The van der Waals surface area contributed by atoms with E-state index in [0.717, 1.165) is 17.5 Å². The van der Waals surface area contributed by atoms with E-state index in [1.165, 1.54) is 5.56 Å². The maximum Gasteiger partial charge on any atom is 0.308 e. The first kappa shape index (κ1) is 10.2. The number of carboxylic acids is 1. The molecular formula is C12H15NO2. The fraction of sp³-hybridized carbons (Fsp3) is 0.417. The van der Waals surface area contributed by atoms with Crippen LogP contribution in [0.15, 0.2) is 18.2 Å². The molecule has 0 radical (unpaired) electrons. The summed E-state index contributed by atoms with van der Waals surface area (Å²) in [5.74, 6) is -1.21. The SMILES string of the molecule is Cc1ccc2c(c1)C(N)C(C(=O)O)CC2. The minimum absolute atomic E-state index is 0.355. The normalized spacial score (nSPS) is 24.7. The fourth-order valence-electron chi connectivity index (χ4n) is 2.24. The van der Waals surface area contributed by atoms with Gasteiger partial charge in [-0.15, -0.1) is 0 Å². The number of aliphatic carboxylic acids is 1. The molecule has 80 valence electrons. The van der Waals surface area contributed by atoms with Crippen LogP contribution in [0.3, 0.4) is 0 Å². The molecular weight excluding hydrogens is 190 g/mol. The van der Waals surface area contributed by atoms with Crippen molar-refractivity contribution in [1.82, 2.24) is 0 Å². The number of carbonyl (C=O) groups is 1. The molecule has 0 saturated carbocycles. The molecule has 0 fully saturated rings. The van der Waals surface area contributed by atoms with Gasteiger partial charge in [-0.3, -0.25) is 4.79 Å². The van der Waals surface area contributed by atoms with Gasteiger partial charge in [-0.25, -0.2) is 0 Å². The second-order valence-corrected chi connectivity index (χ2v) is 4.21. The topological polar surface area (TPSA) is 63.3 Å². The molecule has 0 saturated heterocycles. The molecule has 2 unspecified atom stereocenters. The van der Waals surface area contributed by atoms with Crippen molar-refractivity contribution in [3.05, 3.63) is 34.9 Å². The lowest BCUT2D eigenvalue weighted by Gasteiger charge is -2.28. The van der Waals surface area contributed by atoms with Crippen LogP contribution in [0.2, 0.25) is 0 Å². The lowest BCUT2D eigenvalue weighted by atomic mass is 9.79. The quantitative estimate of drug-likeness (QED) is 0.732. The Kier molecular flexibility index (Phi) is 2.49. The molecule has 15 heavy (non-hydrogen) atoms. The van der Waals surface area contributed by atoms with Gasteiger partial charge in [0.2, 0.25) is 0 Å². The van der Waals surface area contributed by atoms with Gasteiger partial charge < -0.3 is 10.8 Å². The monoisotopic (exact) mass is 205 g/mol. The van der Waals surface area contributed by atoms with Gasteiger partial charge in [0.1, 0.15) is 0 Å². The summed E-state index contributed by atoms with van der Waals surface area (Å²) in [4.78, 5) is 11.0. The Labute approximate surface area is 88.9 Å². The first-order valence-corrected chi connectivity index (χ1v) is 5.17. The molecule has 0 spiro atoms. The zero-order valence-corrected chi connectivity index (χ0v) is 8.73. The first-order chi connectivity index (χ1) is 7.09. The molecule has 1 aliphatic rings. The van der Waals surface area contributed by atoms with Crippen LogP contribution in [-0.4, -0.2) is 11.1 Å². The summed E-state index contributed by atoms with van der Waals surface area (Å²) in [6, 6.07) is 5.76.